The molecule has 2 aliphatic heterocycles. The van der Waals surface area contributed by atoms with Gasteiger partial charge in [0.15, 0.2) is 0 Å². The molecule has 14 nitrogen and oxygen atoms in total. The van der Waals surface area contributed by atoms with Gasteiger partial charge >= 0.3 is 7.60 Å². The largest absolute Gasteiger partial charge is 0.396 e. The Hall–Kier alpha value is -3.58. The molecule has 4 amide bonds. The number of primary amides is 1. The Morgan fingerprint density at radius 1 is 1.17 bits per heavy atom. The van der Waals surface area contributed by atoms with Crippen molar-refractivity contribution in [1.29, 1.82) is 0 Å². The Kier molecular flexibility index (Phi) is 8.97. The van der Waals surface area contributed by atoms with Crippen LogP contribution in [-0.4, -0.2) is 98.0 Å². The molecule has 1 aromatic carbocycles. The number of likely N-dealkylation sites (N-methyl/N-ethyl adjacent to an activating group) is 1. The first-order valence-corrected chi connectivity index (χ1v) is 15.0. The van der Waals surface area contributed by atoms with Crippen LogP contribution in [0.5, 0.6) is 0 Å². The molecule has 0 radical (unpaired) electrons. The second-order valence-corrected chi connectivity index (χ2v) is 12.3. The average molecular weight is 591 g/mol. The number of aromatic amines is 1. The first kappa shape index (κ1) is 30.4. The highest BCUT2D eigenvalue weighted by Crippen LogP contribution is 2.39. The summed E-state index contributed by atoms with van der Waals surface area (Å²) < 4.78 is 11.4. The zero-order valence-corrected chi connectivity index (χ0v) is 23.7. The van der Waals surface area contributed by atoms with Crippen molar-refractivity contribution >= 4 is 47.7 Å². The molecule has 0 spiro atoms. The van der Waals surface area contributed by atoms with E-state index in [-0.39, 0.29) is 48.1 Å². The minimum absolute atomic E-state index is 0.0915. The number of nitrogens with zero attached hydrogens (tertiary/aromatic N) is 2. The van der Waals surface area contributed by atoms with E-state index >= 15 is 0 Å². The van der Waals surface area contributed by atoms with Crippen molar-refractivity contribution in [1.82, 2.24) is 25.4 Å². The van der Waals surface area contributed by atoms with Crippen LogP contribution in [-0.2, 0) is 18.9 Å². The summed E-state index contributed by atoms with van der Waals surface area (Å²) in [6.45, 7) is 2.65. The zero-order chi connectivity index (χ0) is 30.1. The monoisotopic (exact) mass is 590 g/mol. The molecule has 15 heteroatoms. The fourth-order valence-corrected chi connectivity index (χ4v) is 5.93. The van der Waals surface area contributed by atoms with Gasteiger partial charge in [-0.3, -0.25) is 28.5 Å². The van der Waals surface area contributed by atoms with Crippen LogP contribution in [0.25, 0.3) is 10.9 Å². The number of nitrogens with two attached hydrogens (primary N) is 1. The van der Waals surface area contributed by atoms with Crippen molar-refractivity contribution in [2.45, 2.75) is 63.2 Å². The summed E-state index contributed by atoms with van der Waals surface area (Å²) in [4.78, 5) is 88.1. The van der Waals surface area contributed by atoms with E-state index in [4.69, 9.17) is 5.73 Å². The second-order valence-electron chi connectivity index (χ2n) is 10.8. The van der Waals surface area contributed by atoms with Gasteiger partial charge in [0.25, 0.3) is 11.4 Å². The van der Waals surface area contributed by atoms with E-state index in [0.717, 1.165) is 0 Å². The predicted octanol–water partition coefficient (Wildman–Crippen LogP) is 0.0495. The Balaban J connectivity index is 1.51. The number of carbonyl (C=O) groups excluding carboxylic acids is 5. The Bertz CT molecular complexity index is 1420. The molecule has 4 atom stereocenters. The lowest BCUT2D eigenvalue weighted by Gasteiger charge is -2.37. The highest BCUT2D eigenvalue weighted by Gasteiger charge is 2.44. The maximum absolute atomic E-state index is 13.8. The molecule has 2 saturated heterocycles. The number of benzene rings is 1. The van der Waals surface area contributed by atoms with E-state index in [2.05, 4.69) is 15.6 Å². The molecule has 2 aromatic rings. The predicted molar refractivity (Wildman–Crippen MR) is 148 cm³/mol. The third kappa shape index (κ3) is 7.02. The topological polar surface area (TPSA) is 215 Å². The molecule has 1 aromatic heterocycles. The van der Waals surface area contributed by atoms with Crippen molar-refractivity contribution in [3.05, 3.63) is 35.5 Å². The van der Waals surface area contributed by atoms with Crippen molar-refractivity contribution < 1.29 is 38.3 Å². The van der Waals surface area contributed by atoms with Gasteiger partial charge in [0.2, 0.25) is 17.7 Å². The molecule has 3 heterocycles. The lowest BCUT2D eigenvalue weighted by atomic mass is 10.1. The molecule has 41 heavy (non-hydrogen) atoms. The standard InChI is InChI=1S/C26H35N6O8P/c1-14(3-8-22(27)33)28-24(35)21-7-5-17-9-10-31(2)13-20(25(36)32(17)21)30-23(34)19-12-16-11-15(4-6-18(16)29-19)26(37)41(38,39)40/h4,6,11-12,14,17,20-21,29H,3,5,7-10,13H2,1-2H3,(H2,27,33)(H,28,35)(H,30,34)(H2,38,39,40)/t14-,17-,20+,21+/m1/s1. The van der Waals surface area contributed by atoms with Crippen molar-refractivity contribution in [3.8, 4) is 0 Å². The maximum atomic E-state index is 13.8. The summed E-state index contributed by atoms with van der Waals surface area (Å²) in [6.07, 6.45) is 2.32. The number of H-pyrrole nitrogens is 1. The van der Waals surface area contributed by atoms with Gasteiger partial charge in [-0.2, -0.15) is 0 Å². The molecule has 2 fully saturated rings. The molecule has 7 N–H and O–H groups in total. The van der Waals surface area contributed by atoms with Gasteiger partial charge in [0, 0.05) is 41.5 Å². The number of rotatable bonds is 9. The Morgan fingerprint density at radius 2 is 1.90 bits per heavy atom. The Labute approximate surface area is 236 Å². The lowest BCUT2D eigenvalue weighted by molar-refractivity contribution is -0.143. The molecular formula is C26H35N6O8P. The fourth-order valence-electron chi connectivity index (χ4n) is 5.46. The lowest BCUT2D eigenvalue weighted by Crippen LogP contribution is -2.60. The van der Waals surface area contributed by atoms with Gasteiger partial charge < -0.3 is 40.9 Å². The number of hydrogen-bond acceptors (Lipinski definition) is 7. The van der Waals surface area contributed by atoms with E-state index in [9.17, 15) is 38.3 Å². The summed E-state index contributed by atoms with van der Waals surface area (Å²) in [5.74, 6) is -1.73. The van der Waals surface area contributed by atoms with Crippen LogP contribution in [0.2, 0.25) is 0 Å². The number of amides is 4. The van der Waals surface area contributed by atoms with Gasteiger partial charge in [-0.15, -0.1) is 0 Å². The van der Waals surface area contributed by atoms with E-state index < -0.39 is 37.0 Å². The second kappa shape index (κ2) is 12.1. The first-order chi connectivity index (χ1) is 19.2. The van der Waals surface area contributed by atoms with Crippen molar-refractivity contribution in [2.24, 2.45) is 5.73 Å². The highest BCUT2D eigenvalue weighted by molar-refractivity contribution is 7.70. The van der Waals surface area contributed by atoms with Crippen LogP contribution in [0.1, 0.15) is 59.9 Å². The molecule has 4 rings (SSSR count). The number of nitrogens with one attached hydrogen (secondary N) is 3. The SMILES string of the molecule is C[C@H](CCC(N)=O)NC(=O)[C@@H]1CC[C@@H]2CCN(C)C[C@H](NC(=O)c3cc4cc(C(=O)P(=O)(O)O)ccc4[nH]3)C(=O)N21. The van der Waals surface area contributed by atoms with Gasteiger partial charge in [-0.1, -0.05) is 0 Å². The molecule has 2 aliphatic rings. The van der Waals surface area contributed by atoms with Crippen molar-refractivity contribution in [2.75, 3.05) is 20.1 Å². The third-order valence-electron chi connectivity index (χ3n) is 7.59. The normalized spacial score (nSPS) is 22.5. The van der Waals surface area contributed by atoms with Crippen LogP contribution in [0.3, 0.4) is 0 Å². The van der Waals surface area contributed by atoms with Gasteiger partial charge in [0.1, 0.15) is 17.8 Å². The summed E-state index contributed by atoms with van der Waals surface area (Å²) in [7, 11) is -3.12. The zero-order valence-electron chi connectivity index (χ0n) is 22.8. The Morgan fingerprint density at radius 3 is 2.59 bits per heavy atom. The fraction of sp³-hybridized carbons (Fsp3) is 0.500. The van der Waals surface area contributed by atoms with Crippen LogP contribution < -0.4 is 16.4 Å². The average Bonchev–Trinajstić information content (AvgIpc) is 3.52. The van der Waals surface area contributed by atoms with E-state index in [0.29, 0.717) is 43.1 Å². The van der Waals surface area contributed by atoms with Gasteiger partial charge in [0.05, 0.1) is 0 Å². The molecule has 0 bridgehead atoms. The smallest absolute Gasteiger partial charge is 0.370 e. The first-order valence-electron chi connectivity index (χ1n) is 13.4. The summed E-state index contributed by atoms with van der Waals surface area (Å²) >= 11 is 0. The highest BCUT2D eigenvalue weighted by atomic mass is 31.2. The minimum atomic E-state index is -4.97. The molecule has 0 unspecified atom stereocenters. The van der Waals surface area contributed by atoms with Gasteiger partial charge in [-0.05, 0) is 70.5 Å². The van der Waals surface area contributed by atoms with Crippen LogP contribution >= 0.6 is 7.60 Å². The minimum Gasteiger partial charge on any atom is -0.370 e. The van der Waals surface area contributed by atoms with Crippen LogP contribution in [0.4, 0.5) is 0 Å². The van der Waals surface area contributed by atoms with Gasteiger partial charge in [-0.25, -0.2) is 0 Å². The molecule has 0 aliphatic carbocycles. The van der Waals surface area contributed by atoms with E-state index in [1.54, 1.807) is 11.8 Å². The maximum Gasteiger partial charge on any atom is 0.396 e. The molecule has 0 saturated carbocycles. The van der Waals surface area contributed by atoms with E-state index in [1.807, 2.05) is 11.9 Å². The molecule has 222 valence electrons. The van der Waals surface area contributed by atoms with Crippen LogP contribution in [0.15, 0.2) is 24.3 Å². The van der Waals surface area contributed by atoms with Crippen LogP contribution in [0, 0.1) is 0 Å². The van der Waals surface area contributed by atoms with Crippen molar-refractivity contribution in [3.63, 3.8) is 0 Å². The number of fused-ring (bicyclic) bond motifs is 2. The number of carbonyl (C=O) groups is 5. The summed E-state index contributed by atoms with van der Waals surface area (Å²) in [5.41, 5.74) is 4.24. The number of aromatic nitrogens is 1. The van der Waals surface area contributed by atoms with E-state index in [1.165, 1.54) is 24.3 Å². The molecular weight excluding hydrogens is 555 g/mol. The quantitative estimate of drug-likeness (QED) is 0.217. The number of hydrogen-bond donors (Lipinski definition) is 6. The summed E-state index contributed by atoms with van der Waals surface area (Å²) in [6, 6.07) is 3.27. The third-order valence-corrected chi connectivity index (χ3v) is 8.38. The summed E-state index contributed by atoms with van der Waals surface area (Å²) in [5, 5.41) is 6.04.